The number of nitrogens with one attached hydrogen (secondary N) is 1. The van der Waals surface area contributed by atoms with Gasteiger partial charge < -0.3 is 11.1 Å². The second-order valence-electron chi connectivity index (χ2n) is 4.89. The van der Waals surface area contributed by atoms with E-state index in [1.807, 2.05) is 6.92 Å². The fourth-order valence-electron chi connectivity index (χ4n) is 2.39. The molecule has 0 aliphatic heterocycles. The van der Waals surface area contributed by atoms with E-state index in [9.17, 15) is 4.79 Å². The maximum absolute atomic E-state index is 11.8. The summed E-state index contributed by atoms with van der Waals surface area (Å²) in [5.41, 5.74) is 5.52. The van der Waals surface area contributed by atoms with Crippen LogP contribution in [0.25, 0.3) is 0 Å². The molecule has 1 saturated carbocycles. The number of nitrogens with two attached hydrogens (primary N) is 1. The van der Waals surface area contributed by atoms with Gasteiger partial charge in [0.1, 0.15) is 0 Å². The molecule has 0 aromatic heterocycles. The van der Waals surface area contributed by atoms with E-state index in [4.69, 9.17) is 18.0 Å². The number of rotatable bonds is 5. The lowest BCUT2D eigenvalue weighted by molar-refractivity contribution is -0.123. The van der Waals surface area contributed by atoms with Crippen LogP contribution in [0.1, 0.15) is 39.5 Å². The van der Waals surface area contributed by atoms with Crippen molar-refractivity contribution >= 4 is 23.1 Å². The average Bonchev–Trinajstić information content (AvgIpc) is 2.62. The second-order valence-corrected chi connectivity index (χ2v) is 5.36. The largest absolute Gasteiger partial charge is 0.393 e. The fourth-order valence-corrected chi connectivity index (χ4v) is 2.67. The first-order chi connectivity index (χ1) is 7.54. The van der Waals surface area contributed by atoms with Crippen LogP contribution in [-0.4, -0.2) is 17.4 Å². The number of carbonyl (C=O) groups is 1. The minimum absolute atomic E-state index is 0.00504. The molecule has 0 aromatic rings. The summed E-state index contributed by atoms with van der Waals surface area (Å²) in [4.78, 5) is 12.1. The van der Waals surface area contributed by atoms with E-state index >= 15 is 0 Å². The van der Waals surface area contributed by atoms with Gasteiger partial charge in [-0.1, -0.05) is 32.5 Å². The zero-order chi connectivity index (χ0) is 12.1. The van der Waals surface area contributed by atoms with Crippen LogP contribution in [0.2, 0.25) is 0 Å². The standard InChI is InChI=1S/C12H22N2OS/c1-3-10(11(13)16)12(15)14-7-9-5-4-8(2)6-9/h8-10H,3-7H2,1-2H3,(H2,13,16)(H,14,15). The molecule has 1 aliphatic carbocycles. The quantitative estimate of drug-likeness (QED) is 0.723. The molecule has 1 aliphatic rings. The predicted molar refractivity (Wildman–Crippen MR) is 70.1 cm³/mol. The maximum Gasteiger partial charge on any atom is 0.229 e. The Kier molecular flexibility index (Phi) is 5.19. The lowest BCUT2D eigenvalue weighted by atomic mass is 10.0. The Hall–Kier alpha value is -0.640. The minimum Gasteiger partial charge on any atom is -0.393 e. The van der Waals surface area contributed by atoms with Crippen LogP contribution < -0.4 is 11.1 Å². The van der Waals surface area contributed by atoms with Crippen LogP contribution in [0.3, 0.4) is 0 Å². The monoisotopic (exact) mass is 242 g/mol. The second kappa shape index (κ2) is 6.18. The van der Waals surface area contributed by atoms with Crippen molar-refractivity contribution in [2.75, 3.05) is 6.54 Å². The third-order valence-electron chi connectivity index (χ3n) is 3.44. The van der Waals surface area contributed by atoms with E-state index < -0.39 is 0 Å². The molecule has 3 atom stereocenters. The highest BCUT2D eigenvalue weighted by Crippen LogP contribution is 2.29. The molecule has 16 heavy (non-hydrogen) atoms. The number of hydrogen-bond acceptors (Lipinski definition) is 2. The van der Waals surface area contributed by atoms with Crippen molar-refractivity contribution in [3.05, 3.63) is 0 Å². The molecule has 0 saturated heterocycles. The normalized spacial score (nSPS) is 26.4. The Labute approximate surface area is 103 Å². The van der Waals surface area contributed by atoms with Gasteiger partial charge in [0, 0.05) is 6.54 Å². The Morgan fingerprint density at radius 1 is 1.56 bits per heavy atom. The number of thiocarbonyl (C=S) groups is 1. The molecule has 3 unspecified atom stereocenters. The van der Waals surface area contributed by atoms with Gasteiger partial charge in [-0.25, -0.2) is 0 Å². The first-order valence-corrected chi connectivity index (χ1v) is 6.52. The molecule has 0 spiro atoms. The van der Waals surface area contributed by atoms with Gasteiger partial charge in [-0.05, 0) is 31.1 Å². The van der Waals surface area contributed by atoms with Crippen molar-refractivity contribution in [2.45, 2.75) is 39.5 Å². The summed E-state index contributed by atoms with van der Waals surface area (Å²) < 4.78 is 0. The maximum atomic E-state index is 11.8. The van der Waals surface area contributed by atoms with E-state index in [1.54, 1.807) is 0 Å². The summed E-state index contributed by atoms with van der Waals surface area (Å²) in [6.07, 6.45) is 4.42. The first kappa shape index (κ1) is 13.4. The van der Waals surface area contributed by atoms with Crippen molar-refractivity contribution in [1.82, 2.24) is 5.32 Å². The summed E-state index contributed by atoms with van der Waals surface area (Å²) >= 11 is 4.88. The molecule has 3 nitrogen and oxygen atoms in total. The van der Waals surface area contributed by atoms with Crippen LogP contribution >= 0.6 is 12.2 Å². The van der Waals surface area contributed by atoms with Crippen LogP contribution in [0.15, 0.2) is 0 Å². The molecule has 1 rings (SSSR count). The van der Waals surface area contributed by atoms with Crippen molar-refractivity contribution in [2.24, 2.45) is 23.5 Å². The summed E-state index contributed by atoms with van der Waals surface area (Å²) in [5.74, 6) is 1.14. The van der Waals surface area contributed by atoms with Crippen LogP contribution in [0.5, 0.6) is 0 Å². The van der Waals surface area contributed by atoms with E-state index in [0.717, 1.165) is 12.5 Å². The summed E-state index contributed by atoms with van der Waals surface area (Å²) in [6.45, 7) is 4.98. The Bertz CT molecular complexity index is 268. The van der Waals surface area contributed by atoms with Crippen LogP contribution in [0.4, 0.5) is 0 Å². The molecule has 3 N–H and O–H groups in total. The minimum atomic E-state index is -0.297. The molecular weight excluding hydrogens is 220 g/mol. The first-order valence-electron chi connectivity index (χ1n) is 6.11. The number of amides is 1. The van der Waals surface area contributed by atoms with Gasteiger partial charge in [0.25, 0.3) is 0 Å². The molecule has 1 fully saturated rings. The van der Waals surface area contributed by atoms with E-state index in [0.29, 0.717) is 17.3 Å². The van der Waals surface area contributed by atoms with Crippen LogP contribution in [-0.2, 0) is 4.79 Å². The number of carbonyl (C=O) groups excluding carboxylic acids is 1. The molecular formula is C12H22N2OS. The Balaban J connectivity index is 2.31. The van der Waals surface area contributed by atoms with Crippen molar-refractivity contribution in [3.8, 4) is 0 Å². The molecule has 0 bridgehead atoms. The Morgan fingerprint density at radius 3 is 2.69 bits per heavy atom. The molecule has 4 heteroatoms. The Morgan fingerprint density at radius 2 is 2.25 bits per heavy atom. The SMILES string of the molecule is CCC(C(=O)NCC1CCC(C)C1)C(N)=S. The molecule has 1 amide bonds. The van der Waals surface area contributed by atoms with Gasteiger partial charge in [-0.15, -0.1) is 0 Å². The van der Waals surface area contributed by atoms with Crippen molar-refractivity contribution < 1.29 is 4.79 Å². The lowest BCUT2D eigenvalue weighted by Gasteiger charge is -2.16. The molecule has 0 heterocycles. The highest BCUT2D eigenvalue weighted by atomic mass is 32.1. The van der Waals surface area contributed by atoms with Gasteiger partial charge in [0.15, 0.2) is 0 Å². The third kappa shape index (κ3) is 3.74. The summed E-state index contributed by atoms with van der Waals surface area (Å²) in [6, 6.07) is 0. The van der Waals surface area contributed by atoms with Gasteiger partial charge in [0.05, 0.1) is 10.9 Å². The highest BCUT2D eigenvalue weighted by molar-refractivity contribution is 7.80. The summed E-state index contributed by atoms with van der Waals surface area (Å²) in [7, 11) is 0. The van der Waals surface area contributed by atoms with Crippen LogP contribution in [0, 0.1) is 17.8 Å². The topological polar surface area (TPSA) is 55.1 Å². The number of hydrogen-bond donors (Lipinski definition) is 2. The van der Waals surface area contributed by atoms with E-state index in [1.165, 1.54) is 19.3 Å². The van der Waals surface area contributed by atoms with E-state index in [-0.39, 0.29) is 11.8 Å². The smallest absolute Gasteiger partial charge is 0.229 e. The average molecular weight is 242 g/mol. The summed E-state index contributed by atoms with van der Waals surface area (Å²) in [5, 5.41) is 2.97. The van der Waals surface area contributed by atoms with Gasteiger partial charge in [-0.2, -0.15) is 0 Å². The van der Waals surface area contributed by atoms with Gasteiger partial charge in [0.2, 0.25) is 5.91 Å². The zero-order valence-electron chi connectivity index (χ0n) is 10.2. The van der Waals surface area contributed by atoms with Gasteiger partial charge >= 0.3 is 0 Å². The predicted octanol–water partition coefficient (Wildman–Crippen LogP) is 1.85. The van der Waals surface area contributed by atoms with Crippen molar-refractivity contribution in [1.29, 1.82) is 0 Å². The lowest BCUT2D eigenvalue weighted by Crippen LogP contribution is -2.39. The molecule has 92 valence electrons. The zero-order valence-corrected chi connectivity index (χ0v) is 11.0. The third-order valence-corrected chi connectivity index (χ3v) is 3.72. The fraction of sp³-hybridized carbons (Fsp3) is 0.833. The van der Waals surface area contributed by atoms with E-state index in [2.05, 4.69) is 12.2 Å². The van der Waals surface area contributed by atoms with Crippen molar-refractivity contribution in [3.63, 3.8) is 0 Å². The highest BCUT2D eigenvalue weighted by Gasteiger charge is 2.24. The molecule has 0 aromatic carbocycles. The molecule has 0 radical (unpaired) electrons. The van der Waals surface area contributed by atoms with Gasteiger partial charge in [-0.3, -0.25) is 4.79 Å².